The number of para-hydroxylation sites is 1. The number of hydrogen-bond acceptors (Lipinski definition) is 5. The monoisotopic (exact) mass is 393 g/mol. The van der Waals surface area contributed by atoms with Crippen molar-refractivity contribution in [2.45, 2.75) is 17.6 Å². The van der Waals surface area contributed by atoms with Crippen molar-refractivity contribution >= 4 is 50.2 Å². The van der Waals surface area contributed by atoms with E-state index in [1.54, 1.807) is 24.3 Å². The quantitative estimate of drug-likeness (QED) is 0.624. The standard InChI is InChI=1S/C17H16ClN3O2S2/c1-2-13-8-10-17(24-13)25(22,23)21-12-7-9-16(19-11-12)20-15-6-4-3-5-14(15)18/h3-11,21H,2H2,1H3,(H,19,20). The van der Waals surface area contributed by atoms with Gasteiger partial charge in [0, 0.05) is 4.88 Å². The Morgan fingerprint density at radius 2 is 1.92 bits per heavy atom. The van der Waals surface area contributed by atoms with Crippen LogP contribution < -0.4 is 10.0 Å². The highest BCUT2D eigenvalue weighted by Gasteiger charge is 2.16. The third-order valence-corrected chi connectivity index (χ3v) is 6.83. The van der Waals surface area contributed by atoms with E-state index in [4.69, 9.17) is 11.6 Å². The molecule has 0 aliphatic heterocycles. The molecule has 3 aromatic rings. The Hall–Kier alpha value is -2.09. The average Bonchev–Trinajstić information content (AvgIpc) is 3.09. The van der Waals surface area contributed by atoms with Crippen LogP contribution in [-0.2, 0) is 16.4 Å². The first-order chi connectivity index (χ1) is 12.0. The first-order valence-electron chi connectivity index (χ1n) is 7.57. The number of sulfonamides is 1. The highest BCUT2D eigenvalue weighted by atomic mass is 35.5. The van der Waals surface area contributed by atoms with Gasteiger partial charge in [0.15, 0.2) is 0 Å². The summed E-state index contributed by atoms with van der Waals surface area (Å²) in [7, 11) is -3.59. The zero-order valence-corrected chi connectivity index (χ0v) is 15.8. The molecule has 0 bridgehead atoms. The molecule has 2 aromatic heterocycles. The van der Waals surface area contributed by atoms with Crippen LogP contribution in [0, 0.1) is 0 Å². The van der Waals surface area contributed by atoms with Gasteiger partial charge in [-0.25, -0.2) is 13.4 Å². The highest BCUT2D eigenvalue weighted by Crippen LogP contribution is 2.26. The third kappa shape index (κ3) is 4.31. The second-order valence-electron chi connectivity index (χ2n) is 5.22. The third-order valence-electron chi connectivity index (χ3n) is 3.40. The molecule has 0 saturated heterocycles. The molecule has 2 N–H and O–H groups in total. The lowest BCUT2D eigenvalue weighted by atomic mass is 10.3. The summed E-state index contributed by atoms with van der Waals surface area (Å²) < 4.78 is 27.6. The summed E-state index contributed by atoms with van der Waals surface area (Å²) in [5.41, 5.74) is 1.13. The number of hydrogen-bond donors (Lipinski definition) is 2. The van der Waals surface area contributed by atoms with Crippen LogP contribution in [0.2, 0.25) is 5.02 Å². The van der Waals surface area contributed by atoms with Crippen LogP contribution in [0.5, 0.6) is 0 Å². The minimum atomic E-state index is -3.59. The van der Waals surface area contributed by atoms with Crippen LogP contribution in [0.3, 0.4) is 0 Å². The van der Waals surface area contributed by atoms with Crippen molar-refractivity contribution in [1.29, 1.82) is 0 Å². The number of aryl methyl sites for hydroxylation is 1. The molecule has 25 heavy (non-hydrogen) atoms. The lowest BCUT2D eigenvalue weighted by molar-refractivity contribution is 0.603. The number of pyridine rings is 1. The average molecular weight is 394 g/mol. The van der Waals surface area contributed by atoms with Gasteiger partial charge in [0.25, 0.3) is 10.0 Å². The molecular formula is C17H16ClN3O2S2. The number of anilines is 3. The second-order valence-corrected chi connectivity index (χ2v) is 8.70. The summed E-state index contributed by atoms with van der Waals surface area (Å²) in [6.07, 6.45) is 2.27. The molecule has 0 fully saturated rings. The molecule has 0 radical (unpaired) electrons. The van der Waals surface area contributed by atoms with Crippen LogP contribution >= 0.6 is 22.9 Å². The molecule has 0 amide bonds. The van der Waals surface area contributed by atoms with Gasteiger partial charge >= 0.3 is 0 Å². The normalized spacial score (nSPS) is 11.3. The maximum atomic E-state index is 12.4. The van der Waals surface area contributed by atoms with E-state index in [1.807, 2.05) is 31.2 Å². The largest absolute Gasteiger partial charge is 0.339 e. The van der Waals surface area contributed by atoms with Crippen molar-refractivity contribution in [3.05, 3.63) is 64.6 Å². The summed E-state index contributed by atoms with van der Waals surface area (Å²) in [5, 5.41) is 3.67. The highest BCUT2D eigenvalue weighted by molar-refractivity contribution is 7.94. The number of aromatic nitrogens is 1. The predicted octanol–water partition coefficient (Wildman–Crippen LogP) is 4.90. The lowest BCUT2D eigenvalue weighted by Crippen LogP contribution is -2.11. The molecule has 0 spiro atoms. The van der Waals surface area contributed by atoms with E-state index in [0.29, 0.717) is 20.7 Å². The topological polar surface area (TPSA) is 71.1 Å². The molecule has 5 nitrogen and oxygen atoms in total. The van der Waals surface area contributed by atoms with Gasteiger partial charge in [-0.3, -0.25) is 4.72 Å². The number of benzene rings is 1. The fraction of sp³-hybridized carbons (Fsp3) is 0.118. The summed E-state index contributed by atoms with van der Waals surface area (Å²) in [4.78, 5) is 5.25. The molecule has 0 aliphatic rings. The Morgan fingerprint density at radius 1 is 1.12 bits per heavy atom. The van der Waals surface area contributed by atoms with Crippen molar-refractivity contribution < 1.29 is 8.42 Å². The Balaban J connectivity index is 1.73. The van der Waals surface area contributed by atoms with E-state index in [-0.39, 0.29) is 0 Å². The van der Waals surface area contributed by atoms with Crippen LogP contribution in [0.25, 0.3) is 0 Å². The Bertz CT molecular complexity index is 970. The molecule has 2 heterocycles. The second kappa shape index (κ2) is 7.43. The molecule has 0 aliphatic carbocycles. The molecular weight excluding hydrogens is 378 g/mol. The maximum absolute atomic E-state index is 12.4. The fourth-order valence-corrected chi connectivity index (χ4v) is 4.65. The number of halogens is 1. The van der Waals surface area contributed by atoms with E-state index in [2.05, 4.69) is 15.0 Å². The van der Waals surface area contributed by atoms with Crippen molar-refractivity contribution in [2.75, 3.05) is 10.0 Å². The van der Waals surface area contributed by atoms with E-state index in [0.717, 1.165) is 17.0 Å². The van der Waals surface area contributed by atoms with Crippen LogP contribution in [-0.4, -0.2) is 13.4 Å². The molecule has 8 heteroatoms. The van der Waals surface area contributed by atoms with Crippen LogP contribution in [0.15, 0.2) is 58.9 Å². The molecule has 130 valence electrons. The smallest absolute Gasteiger partial charge is 0.271 e. The summed E-state index contributed by atoms with van der Waals surface area (Å²) in [5.74, 6) is 0.570. The number of thiophene rings is 1. The van der Waals surface area contributed by atoms with Gasteiger partial charge in [0.2, 0.25) is 0 Å². The van der Waals surface area contributed by atoms with Gasteiger partial charge in [0.1, 0.15) is 10.0 Å². The maximum Gasteiger partial charge on any atom is 0.271 e. The van der Waals surface area contributed by atoms with Gasteiger partial charge in [-0.15, -0.1) is 11.3 Å². The molecule has 1 aromatic carbocycles. The van der Waals surface area contributed by atoms with Gasteiger partial charge in [-0.2, -0.15) is 0 Å². The van der Waals surface area contributed by atoms with Gasteiger partial charge in [-0.1, -0.05) is 30.7 Å². The summed E-state index contributed by atoms with van der Waals surface area (Å²) in [6, 6.07) is 14.1. The van der Waals surface area contributed by atoms with Crippen LogP contribution in [0.1, 0.15) is 11.8 Å². The Labute approximate surface area is 155 Å². The minimum Gasteiger partial charge on any atom is -0.339 e. The van der Waals surface area contributed by atoms with Crippen LogP contribution in [0.4, 0.5) is 17.2 Å². The van der Waals surface area contributed by atoms with E-state index >= 15 is 0 Å². The minimum absolute atomic E-state index is 0.294. The van der Waals surface area contributed by atoms with E-state index in [9.17, 15) is 8.42 Å². The number of nitrogens with zero attached hydrogens (tertiary/aromatic N) is 1. The predicted molar refractivity (Wildman–Crippen MR) is 103 cm³/mol. The molecule has 0 saturated carbocycles. The van der Waals surface area contributed by atoms with Crippen molar-refractivity contribution in [3.63, 3.8) is 0 Å². The van der Waals surface area contributed by atoms with E-state index < -0.39 is 10.0 Å². The Morgan fingerprint density at radius 3 is 2.56 bits per heavy atom. The van der Waals surface area contributed by atoms with Gasteiger partial charge < -0.3 is 5.32 Å². The van der Waals surface area contributed by atoms with Crippen molar-refractivity contribution in [2.24, 2.45) is 0 Å². The number of rotatable bonds is 6. The van der Waals surface area contributed by atoms with Gasteiger partial charge in [-0.05, 0) is 42.8 Å². The van der Waals surface area contributed by atoms with Crippen molar-refractivity contribution in [1.82, 2.24) is 4.98 Å². The van der Waals surface area contributed by atoms with Gasteiger partial charge in [0.05, 0.1) is 22.6 Å². The zero-order chi connectivity index (χ0) is 17.9. The van der Waals surface area contributed by atoms with E-state index in [1.165, 1.54) is 17.5 Å². The van der Waals surface area contributed by atoms with Crippen molar-refractivity contribution in [3.8, 4) is 0 Å². The SMILES string of the molecule is CCc1ccc(S(=O)(=O)Nc2ccc(Nc3ccccc3Cl)nc2)s1. The Kier molecular flexibility index (Phi) is 5.27. The first-order valence-corrected chi connectivity index (χ1v) is 10.2. The molecule has 0 unspecified atom stereocenters. The first kappa shape index (κ1) is 17.7. The summed E-state index contributed by atoms with van der Waals surface area (Å²) >= 11 is 7.36. The number of nitrogens with one attached hydrogen (secondary N) is 2. The summed E-state index contributed by atoms with van der Waals surface area (Å²) in [6.45, 7) is 1.99. The zero-order valence-electron chi connectivity index (χ0n) is 13.4. The molecule has 3 rings (SSSR count). The fourth-order valence-electron chi connectivity index (χ4n) is 2.13. The molecule has 0 atom stereocenters. The lowest BCUT2D eigenvalue weighted by Gasteiger charge is -2.09.